The number of hydrogen-bond donors (Lipinski definition) is 1. The van der Waals surface area contributed by atoms with E-state index in [1.54, 1.807) is 18.2 Å². The number of unbranched alkanes of at least 4 members (excludes halogenated alkanes) is 3. The summed E-state index contributed by atoms with van der Waals surface area (Å²) < 4.78 is 65.9. The number of esters is 1. The second-order valence-electron chi connectivity index (χ2n) is 8.40. The molecule has 38 heavy (non-hydrogen) atoms. The van der Waals surface area contributed by atoms with Gasteiger partial charge >= 0.3 is 12.1 Å². The van der Waals surface area contributed by atoms with Crippen molar-refractivity contribution in [2.24, 2.45) is 0 Å². The van der Waals surface area contributed by atoms with Crippen molar-refractivity contribution < 1.29 is 41.7 Å². The summed E-state index contributed by atoms with van der Waals surface area (Å²) in [6.45, 7) is 5.94. The minimum absolute atomic E-state index is 0.0261. The molecule has 2 rings (SSSR count). The molecule has 2 aromatic rings. The second kappa shape index (κ2) is 18.6. The van der Waals surface area contributed by atoms with Crippen LogP contribution in [0.5, 0.6) is 0 Å². The molecule has 0 fully saturated rings. The van der Waals surface area contributed by atoms with Crippen molar-refractivity contribution in [2.75, 3.05) is 64.8 Å². The fourth-order valence-electron chi connectivity index (χ4n) is 3.36. The Labute approximate surface area is 222 Å². The zero-order chi connectivity index (χ0) is 27.5. The van der Waals surface area contributed by atoms with E-state index >= 15 is 0 Å². The van der Waals surface area contributed by atoms with Crippen LogP contribution >= 0.6 is 0 Å². The first-order valence-corrected chi connectivity index (χ1v) is 12.9. The number of carbonyl (C=O) groups excluding carboxylic acids is 1. The summed E-state index contributed by atoms with van der Waals surface area (Å²) >= 11 is 0. The van der Waals surface area contributed by atoms with E-state index in [4.69, 9.17) is 23.7 Å². The van der Waals surface area contributed by atoms with E-state index in [2.05, 4.69) is 12.2 Å². The highest BCUT2D eigenvalue weighted by Crippen LogP contribution is 2.32. The number of ether oxygens (including phenoxy) is 5. The van der Waals surface area contributed by atoms with Gasteiger partial charge in [-0.15, -0.1) is 0 Å². The van der Waals surface area contributed by atoms with Gasteiger partial charge in [0.1, 0.15) is 6.61 Å². The molecule has 0 aliphatic carbocycles. The smallest absolute Gasteiger partial charge is 0.416 e. The molecule has 0 saturated carbocycles. The van der Waals surface area contributed by atoms with Crippen LogP contribution in [0.2, 0.25) is 0 Å². The lowest BCUT2D eigenvalue weighted by Crippen LogP contribution is -2.15. The molecular formula is C28H38F3NO6. The molecule has 0 aliphatic rings. The van der Waals surface area contributed by atoms with Crippen molar-refractivity contribution in [3.63, 3.8) is 0 Å². The van der Waals surface area contributed by atoms with Gasteiger partial charge in [0.05, 0.1) is 63.1 Å². The number of para-hydroxylation sites is 1. The first-order chi connectivity index (χ1) is 18.4. The molecule has 0 bridgehead atoms. The Morgan fingerprint density at radius 2 is 1.34 bits per heavy atom. The Bertz CT molecular complexity index is 925. The number of benzene rings is 2. The third kappa shape index (κ3) is 13.2. The summed E-state index contributed by atoms with van der Waals surface area (Å²) in [7, 11) is 0. The minimum atomic E-state index is -4.46. The van der Waals surface area contributed by atoms with Crippen molar-refractivity contribution in [1.82, 2.24) is 0 Å². The van der Waals surface area contributed by atoms with E-state index in [0.29, 0.717) is 45.3 Å². The summed E-state index contributed by atoms with van der Waals surface area (Å²) in [6.07, 6.45) is 0.286. The average molecular weight is 542 g/mol. The summed E-state index contributed by atoms with van der Waals surface area (Å²) in [5.74, 6) is -0.609. The number of halogens is 3. The Morgan fingerprint density at radius 3 is 1.97 bits per heavy atom. The highest BCUT2D eigenvalue weighted by molar-refractivity contribution is 5.96. The van der Waals surface area contributed by atoms with Crippen LogP contribution in [0.1, 0.15) is 48.5 Å². The van der Waals surface area contributed by atoms with E-state index in [1.807, 2.05) is 0 Å². The molecule has 0 spiro atoms. The van der Waals surface area contributed by atoms with Gasteiger partial charge in [-0.2, -0.15) is 13.2 Å². The van der Waals surface area contributed by atoms with E-state index in [1.165, 1.54) is 37.5 Å². The van der Waals surface area contributed by atoms with Crippen LogP contribution in [-0.2, 0) is 29.9 Å². The second-order valence-corrected chi connectivity index (χ2v) is 8.40. The van der Waals surface area contributed by atoms with Crippen LogP contribution in [0.4, 0.5) is 24.5 Å². The van der Waals surface area contributed by atoms with E-state index in [-0.39, 0.29) is 24.5 Å². The summed E-state index contributed by atoms with van der Waals surface area (Å²) in [5.41, 5.74) is -0.0312. The third-order valence-electron chi connectivity index (χ3n) is 5.33. The van der Waals surface area contributed by atoms with Crippen LogP contribution in [0, 0.1) is 0 Å². The molecule has 0 unspecified atom stereocenters. The molecule has 212 valence electrons. The van der Waals surface area contributed by atoms with Gasteiger partial charge in [-0.3, -0.25) is 0 Å². The van der Waals surface area contributed by atoms with E-state index in [0.717, 1.165) is 25.2 Å². The van der Waals surface area contributed by atoms with Crippen LogP contribution in [-0.4, -0.2) is 65.4 Å². The molecule has 0 aromatic heterocycles. The minimum Gasteiger partial charge on any atom is -0.460 e. The number of carbonyl (C=O) groups is 1. The van der Waals surface area contributed by atoms with Crippen LogP contribution < -0.4 is 5.32 Å². The average Bonchev–Trinajstić information content (AvgIpc) is 2.90. The normalized spacial score (nSPS) is 11.5. The highest BCUT2D eigenvalue weighted by Gasteiger charge is 2.30. The predicted octanol–water partition coefficient (Wildman–Crippen LogP) is 6.25. The van der Waals surface area contributed by atoms with Gasteiger partial charge in [-0.25, -0.2) is 4.79 Å². The van der Waals surface area contributed by atoms with Gasteiger partial charge < -0.3 is 29.0 Å². The number of nitrogens with one attached hydrogen (secondary N) is 1. The van der Waals surface area contributed by atoms with Crippen molar-refractivity contribution >= 4 is 17.3 Å². The maximum atomic E-state index is 13.0. The molecule has 1 N–H and O–H groups in total. The van der Waals surface area contributed by atoms with Crippen LogP contribution in [0.15, 0.2) is 48.5 Å². The van der Waals surface area contributed by atoms with Crippen molar-refractivity contribution in [1.29, 1.82) is 0 Å². The van der Waals surface area contributed by atoms with Crippen LogP contribution in [0.3, 0.4) is 0 Å². The summed E-state index contributed by atoms with van der Waals surface area (Å²) in [4.78, 5) is 12.5. The molecule has 2 aromatic carbocycles. The maximum Gasteiger partial charge on any atom is 0.416 e. The Morgan fingerprint density at radius 1 is 0.737 bits per heavy atom. The van der Waals surface area contributed by atoms with E-state index in [9.17, 15) is 18.0 Å². The molecule has 10 heteroatoms. The summed E-state index contributed by atoms with van der Waals surface area (Å²) in [5, 5.41) is 2.86. The van der Waals surface area contributed by atoms with Gasteiger partial charge in [0.15, 0.2) is 0 Å². The zero-order valence-corrected chi connectivity index (χ0v) is 21.9. The first-order valence-electron chi connectivity index (χ1n) is 12.9. The van der Waals surface area contributed by atoms with E-state index < -0.39 is 17.7 Å². The Balaban J connectivity index is 1.55. The molecule has 0 heterocycles. The van der Waals surface area contributed by atoms with Crippen molar-refractivity contribution in [2.45, 2.75) is 38.8 Å². The number of alkyl halides is 3. The highest BCUT2D eigenvalue weighted by atomic mass is 19.4. The summed E-state index contributed by atoms with van der Waals surface area (Å²) in [6, 6.07) is 11.2. The molecule has 0 atom stereocenters. The number of rotatable bonds is 20. The predicted molar refractivity (Wildman–Crippen MR) is 139 cm³/mol. The van der Waals surface area contributed by atoms with Gasteiger partial charge in [0.2, 0.25) is 0 Å². The molecule has 0 aliphatic heterocycles. The van der Waals surface area contributed by atoms with Gasteiger partial charge in [-0.05, 0) is 36.8 Å². The maximum absolute atomic E-state index is 13.0. The molecule has 0 amide bonds. The monoisotopic (exact) mass is 541 g/mol. The molecule has 7 nitrogen and oxygen atoms in total. The van der Waals surface area contributed by atoms with Crippen molar-refractivity contribution in [3.8, 4) is 0 Å². The first kappa shape index (κ1) is 31.6. The standard InChI is InChI=1S/C28H38F3NO6/c1-2-3-4-7-13-34-14-15-35-16-17-36-18-19-37-20-21-38-27(33)25-11-5-6-12-26(25)32-24-10-8-9-23(22-24)28(29,30)31/h5-6,8-12,22,32H,2-4,7,13-21H2,1H3. The topological polar surface area (TPSA) is 75.2 Å². The van der Waals surface area contributed by atoms with Gasteiger partial charge in [0, 0.05) is 12.3 Å². The number of anilines is 2. The molecule has 0 radical (unpaired) electrons. The lowest BCUT2D eigenvalue weighted by molar-refractivity contribution is -0.137. The number of hydrogen-bond acceptors (Lipinski definition) is 7. The third-order valence-corrected chi connectivity index (χ3v) is 5.33. The Hall–Kier alpha value is -2.66. The van der Waals surface area contributed by atoms with Crippen molar-refractivity contribution in [3.05, 3.63) is 59.7 Å². The lowest BCUT2D eigenvalue weighted by atomic mass is 10.1. The SMILES string of the molecule is CCCCCCOCCOCCOCCOCCOC(=O)c1ccccc1Nc1cccc(C(F)(F)F)c1. The molecule has 0 saturated heterocycles. The van der Waals surface area contributed by atoms with Gasteiger partial charge in [0.25, 0.3) is 0 Å². The van der Waals surface area contributed by atoms with Gasteiger partial charge in [-0.1, -0.05) is 44.4 Å². The zero-order valence-electron chi connectivity index (χ0n) is 21.9. The Kier molecular flexibility index (Phi) is 15.4. The fraction of sp³-hybridized carbons (Fsp3) is 0.536. The fourth-order valence-corrected chi connectivity index (χ4v) is 3.36. The lowest BCUT2D eigenvalue weighted by Gasteiger charge is -2.13. The molecular weight excluding hydrogens is 503 g/mol. The largest absolute Gasteiger partial charge is 0.460 e. The van der Waals surface area contributed by atoms with Crippen LogP contribution in [0.25, 0.3) is 0 Å². The quantitative estimate of drug-likeness (QED) is 0.157.